The molecule has 1 unspecified atom stereocenters. The first-order valence-corrected chi connectivity index (χ1v) is 8.02. The molecule has 0 radical (unpaired) electrons. The molecule has 0 bridgehead atoms. The maximum atomic E-state index is 13.8. The fraction of sp³-hybridized carbons (Fsp3) is 0.625. The highest BCUT2D eigenvalue weighted by Crippen LogP contribution is 2.23. The van der Waals surface area contributed by atoms with Gasteiger partial charge in [-0.15, -0.1) is 12.4 Å². The molecule has 0 saturated carbocycles. The molecule has 136 valence electrons. The number of hydrogen-bond donors (Lipinski definition) is 1. The van der Waals surface area contributed by atoms with E-state index < -0.39 is 18.2 Å². The van der Waals surface area contributed by atoms with E-state index in [0.717, 1.165) is 51.3 Å². The lowest BCUT2D eigenvalue weighted by atomic mass is 10.2. The van der Waals surface area contributed by atoms with E-state index in [1.54, 1.807) is 6.07 Å². The molecule has 0 amide bonds. The van der Waals surface area contributed by atoms with Crippen molar-refractivity contribution >= 4 is 12.4 Å². The Labute approximate surface area is 146 Å². The Morgan fingerprint density at radius 1 is 1.21 bits per heavy atom. The number of likely N-dealkylation sites (tertiary alicyclic amines) is 1. The molecule has 8 heteroatoms. The topological polar surface area (TPSA) is 27.7 Å². The van der Waals surface area contributed by atoms with Gasteiger partial charge in [0.25, 0.3) is 0 Å². The average Bonchev–Trinajstić information content (AvgIpc) is 2.99. The molecule has 4 nitrogen and oxygen atoms in total. The zero-order chi connectivity index (χ0) is 16.2. The van der Waals surface area contributed by atoms with Gasteiger partial charge in [0.05, 0.1) is 0 Å². The molecule has 1 aromatic rings. The van der Waals surface area contributed by atoms with E-state index in [-0.39, 0.29) is 12.4 Å². The summed E-state index contributed by atoms with van der Waals surface area (Å²) in [7, 11) is 0. The number of rotatable bonds is 5. The number of halogens is 4. The number of piperazine rings is 1. The van der Waals surface area contributed by atoms with Gasteiger partial charge in [0.15, 0.2) is 11.6 Å². The number of ether oxygens (including phenoxy) is 1. The monoisotopic (exact) mass is 365 g/mol. The van der Waals surface area contributed by atoms with Gasteiger partial charge in [0.1, 0.15) is 0 Å². The molecular weight excluding hydrogens is 343 g/mol. The highest BCUT2D eigenvalue weighted by molar-refractivity contribution is 5.85. The Balaban J connectivity index is 0.00000208. The van der Waals surface area contributed by atoms with Crippen LogP contribution in [0, 0.1) is 5.82 Å². The summed E-state index contributed by atoms with van der Waals surface area (Å²) >= 11 is 0. The Bertz CT molecular complexity index is 529. The highest BCUT2D eigenvalue weighted by Gasteiger charge is 2.28. The van der Waals surface area contributed by atoms with Crippen LogP contribution in [0.2, 0.25) is 0 Å². The molecule has 2 heterocycles. The third-order valence-corrected chi connectivity index (χ3v) is 4.53. The van der Waals surface area contributed by atoms with Gasteiger partial charge in [0.2, 0.25) is 0 Å². The van der Waals surface area contributed by atoms with Crippen molar-refractivity contribution in [1.29, 1.82) is 0 Å². The number of hydrogen-bond acceptors (Lipinski definition) is 4. The summed E-state index contributed by atoms with van der Waals surface area (Å²) in [5.41, 5.74) is 0.782. The lowest BCUT2D eigenvalue weighted by Crippen LogP contribution is -2.49. The SMILES string of the molecule is Cl.Fc1cc(CN2CCC(N3CCNCC3)C2)ccc1OC(F)F. The van der Waals surface area contributed by atoms with Gasteiger partial charge in [-0.1, -0.05) is 6.07 Å². The van der Waals surface area contributed by atoms with E-state index in [9.17, 15) is 13.2 Å². The Morgan fingerprint density at radius 2 is 1.96 bits per heavy atom. The lowest BCUT2D eigenvalue weighted by molar-refractivity contribution is -0.0522. The maximum absolute atomic E-state index is 13.8. The van der Waals surface area contributed by atoms with Crippen molar-refractivity contribution in [3.63, 3.8) is 0 Å². The Hall–Kier alpha value is -1.02. The van der Waals surface area contributed by atoms with Gasteiger partial charge in [-0.2, -0.15) is 8.78 Å². The van der Waals surface area contributed by atoms with Crippen LogP contribution in [0.1, 0.15) is 12.0 Å². The van der Waals surface area contributed by atoms with E-state index >= 15 is 0 Å². The quantitative estimate of drug-likeness (QED) is 0.866. The molecule has 0 aromatic heterocycles. The number of alkyl halides is 2. The highest BCUT2D eigenvalue weighted by atomic mass is 35.5. The van der Waals surface area contributed by atoms with Crippen molar-refractivity contribution in [2.45, 2.75) is 25.6 Å². The van der Waals surface area contributed by atoms with E-state index in [2.05, 4.69) is 19.9 Å². The second kappa shape index (κ2) is 8.89. The first-order valence-electron chi connectivity index (χ1n) is 8.02. The second-order valence-electron chi connectivity index (χ2n) is 6.11. The summed E-state index contributed by atoms with van der Waals surface area (Å²) in [4.78, 5) is 4.80. The van der Waals surface area contributed by atoms with Crippen LogP contribution in [0.25, 0.3) is 0 Å². The van der Waals surface area contributed by atoms with Crippen LogP contribution < -0.4 is 10.1 Å². The van der Waals surface area contributed by atoms with E-state index in [4.69, 9.17) is 0 Å². The van der Waals surface area contributed by atoms with Crippen LogP contribution in [-0.4, -0.2) is 61.7 Å². The van der Waals surface area contributed by atoms with Crippen molar-refractivity contribution in [2.24, 2.45) is 0 Å². The largest absolute Gasteiger partial charge is 0.432 e. The van der Waals surface area contributed by atoms with Crippen LogP contribution in [-0.2, 0) is 6.54 Å². The van der Waals surface area contributed by atoms with Gasteiger partial charge in [-0.05, 0) is 24.1 Å². The van der Waals surface area contributed by atoms with Gasteiger partial charge in [0, 0.05) is 51.9 Å². The number of nitrogens with one attached hydrogen (secondary N) is 1. The zero-order valence-electron chi connectivity index (χ0n) is 13.4. The molecule has 2 aliphatic rings. The maximum Gasteiger partial charge on any atom is 0.387 e. The summed E-state index contributed by atoms with van der Waals surface area (Å²) < 4.78 is 42.2. The Kier molecular flexibility index (Phi) is 7.16. The Morgan fingerprint density at radius 3 is 2.62 bits per heavy atom. The van der Waals surface area contributed by atoms with Gasteiger partial charge in [-0.25, -0.2) is 4.39 Å². The van der Waals surface area contributed by atoms with Crippen LogP contribution >= 0.6 is 12.4 Å². The summed E-state index contributed by atoms with van der Waals surface area (Å²) in [6.45, 7) is 3.80. The first kappa shape index (κ1) is 19.3. The number of nitrogens with zero attached hydrogens (tertiary/aromatic N) is 2. The molecule has 0 aliphatic carbocycles. The molecule has 2 fully saturated rings. The van der Waals surface area contributed by atoms with Crippen molar-refractivity contribution in [3.05, 3.63) is 29.6 Å². The summed E-state index contributed by atoms with van der Waals surface area (Å²) in [6, 6.07) is 4.78. The predicted octanol–water partition coefficient (Wildman–Crippen LogP) is 2.33. The second-order valence-corrected chi connectivity index (χ2v) is 6.11. The standard InChI is InChI=1S/C16H22F3N3O.ClH/c17-14-9-12(1-2-15(14)23-16(18)19)10-21-6-3-13(11-21)22-7-4-20-5-8-22;/h1-2,9,13,16,20H,3-8,10-11H2;1H. The van der Waals surface area contributed by atoms with Crippen molar-refractivity contribution < 1.29 is 17.9 Å². The summed E-state index contributed by atoms with van der Waals surface area (Å²) in [6.07, 6.45) is 1.12. The van der Waals surface area contributed by atoms with Crippen molar-refractivity contribution in [2.75, 3.05) is 39.3 Å². The fourth-order valence-corrected chi connectivity index (χ4v) is 3.39. The minimum Gasteiger partial charge on any atom is -0.432 e. The van der Waals surface area contributed by atoms with E-state index in [0.29, 0.717) is 12.6 Å². The van der Waals surface area contributed by atoms with Crippen LogP contribution in [0.3, 0.4) is 0 Å². The lowest BCUT2D eigenvalue weighted by Gasteiger charge is -2.32. The van der Waals surface area contributed by atoms with Crippen LogP contribution in [0.15, 0.2) is 18.2 Å². The molecule has 24 heavy (non-hydrogen) atoms. The zero-order valence-corrected chi connectivity index (χ0v) is 14.2. The molecule has 0 spiro atoms. The predicted molar refractivity (Wildman–Crippen MR) is 88.4 cm³/mol. The normalized spacial score (nSPS) is 22.6. The van der Waals surface area contributed by atoms with Crippen LogP contribution in [0.5, 0.6) is 5.75 Å². The minimum atomic E-state index is -3.01. The van der Waals surface area contributed by atoms with Crippen LogP contribution in [0.4, 0.5) is 13.2 Å². The first-order chi connectivity index (χ1) is 11.1. The molecule has 1 atom stereocenters. The van der Waals surface area contributed by atoms with Crippen molar-refractivity contribution in [1.82, 2.24) is 15.1 Å². The smallest absolute Gasteiger partial charge is 0.387 e. The summed E-state index contributed by atoms with van der Waals surface area (Å²) in [5.74, 6) is -1.13. The molecular formula is C16H23ClF3N3O. The van der Waals surface area contributed by atoms with Gasteiger partial charge in [-0.3, -0.25) is 9.80 Å². The van der Waals surface area contributed by atoms with E-state index in [1.807, 2.05) is 0 Å². The molecule has 3 rings (SSSR count). The molecule has 1 N–H and O–H groups in total. The van der Waals surface area contributed by atoms with Gasteiger partial charge >= 0.3 is 6.61 Å². The fourth-order valence-electron chi connectivity index (χ4n) is 3.39. The minimum absolute atomic E-state index is 0. The summed E-state index contributed by atoms with van der Waals surface area (Å²) in [5, 5.41) is 3.35. The number of benzene rings is 1. The van der Waals surface area contributed by atoms with Gasteiger partial charge < -0.3 is 10.1 Å². The third-order valence-electron chi connectivity index (χ3n) is 4.53. The molecule has 2 aliphatic heterocycles. The average molecular weight is 366 g/mol. The van der Waals surface area contributed by atoms with Crippen molar-refractivity contribution in [3.8, 4) is 5.75 Å². The third kappa shape index (κ3) is 4.99. The molecule has 2 saturated heterocycles. The van der Waals surface area contributed by atoms with E-state index in [1.165, 1.54) is 12.1 Å². The molecule has 1 aromatic carbocycles.